The third-order valence-corrected chi connectivity index (χ3v) is 5.08. The number of carbonyl (C=O) groups excluding carboxylic acids is 2. The number of nitrogens with one attached hydrogen (secondary N) is 1. The van der Waals surface area contributed by atoms with Gasteiger partial charge in [-0.1, -0.05) is 0 Å². The van der Waals surface area contributed by atoms with E-state index in [4.69, 9.17) is 9.47 Å². The largest absolute Gasteiger partial charge is 0.462 e. The van der Waals surface area contributed by atoms with E-state index in [2.05, 4.69) is 9.97 Å². The minimum absolute atomic E-state index is 0.00332. The van der Waals surface area contributed by atoms with Crippen LogP contribution in [0.1, 0.15) is 45.4 Å². The molecule has 3 heterocycles. The van der Waals surface area contributed by atoms with E-state index < -0.39 is 23.2 Å². The van der Waals surface area contributed by atoms with Crippen LogP contribution in [0.2, 0.25) is 0 Å². The predicted molar refractivity (Wildman–Crippen MR) is 111 cm³/mol. The van der Waals surface area contributed by atoms with Gasteiger partial charge in [0, 0.05) is 26.3 Å². The summed E-state index contributed by atoms with van der Waals surface area (Å²) >= 11 is 0. The summed E-state index contributed by atoms with van der Waals surface area (Å²) in [6.07, 6.45) is 1.74. The molecule has 0 fully saturated rings. The normalized spacial score (nSPS) is 11.1. The maximum Gasteiger partial charge on any atom is 0.355 e. The molecule has 0 saturated heterocycles. The van der Waals surface area contributed by atoms with Gasteiger partial charge in [0.25, 0.3) is 5.56 Å². The maximum absolute atomic E-state index is 12.7. The highest BCUT2D eigenvalue weighted by atomic mass is 16.5. The van der Waals surface area contributed by atoms with Gasteiger partial charge in [-0.2, -0.15) is 0 Å². The zero-order valence-electron chi connectivity index (χ0n) is 18.1. The average molecular weight is 431 g/mol. The minimum Gasteiger partial charge on any atom is -0.462 e. The Morgan fingerprint density at radius 3 is 2.52 bits per heavy atom. The highest BCUT2D eigenvalue weighted by Gasteiger charge is 2.23. The van der Waals surface area contributed by atoms with Crippen molar-refractivity contribution in [3.05, 3.63) is 49.7 Å². The van der Waals surface area contributed by atoms with Gasteiger partial charge in [0.15, 0.2) is 11.2 Å². The molecule has 3 rings (SSSR count). The van der Waals surface area contributed by atoms with Crippen molar-refractivity contribution in [3.8, 4) is 0 Å². The molecule has 3 aromatic heterocycles. The fraction of sp³-hybridized carbons (Fsp3) is 0.450. The van der Waals surface area contributed by atoms with Crippen molar-refractivity contribution in [1.82, 2.24) is 23.7 Å². The van der Waals surface area contributed by atoms with Gasteiger partial charge >= 0.3 is 17.6 Å². The van der Waals surface area contributed by atoms with Crippen LogP contribution in [0.15, 0.2) is 15.9 Å². The first-order valence-corrected chi connectivity index (χ1v) is 9.83. The van der Waals surface area contributed by atoms with Gasteiger partial charge in [-0.25, -0.2) is 19.4 Å². The van der Waals surface area contributed by atoms with Crippen molar-refractivity contribution in [3.63, 3.8) is 0 Å². The molecule has 0 radical (unpaired) electrons. The van der Waals surface area contributed by atoms with Crippen molar-refractivity contribution in [1.29, 1.82) is 0 Å². The molecule has 0 aliphatic rings. The Labute approximate surface area is 177 Å². The second kappa shape index (κ2) is 8.62. The Kier molecular flexibility index (Phi) is 6.14. The molecular weight excluding hydrogens is 406 g/mol. The number of fused-ring (bicyclic) bond motifs is 1. The maximum atomic E-state index is 12.7. The van der Waals surface area contributed by atoms with Crippen molar-refractivity contribution >= 4 is 23.1 Å². The van der Waals surface area contributed by atoms with E-state index in [0.29, 0.717) is 22.4 Å². The van der Waals surface area contributed by atoms with Gasteiger partial charge in [0.1, 0.15) is 5.69 Å². The second-order valence-electron chi connectivity index (χ2n) is 7.16. The molecule has 31 heavy (non-hydrogen) atoms. The molecule has 0 aliphatic carbocycles. The molecule has 0 atom stereocenters. The number of rotatable bonds is 7. The first-order chi connectivity index (χ1) is 14.7. The fourth-order valence-electron chi connectivity index (χ4n) is 3.52. The topological polar surface area (TPSA) is 130 Å². The lowest BCUT2D eigenvalue weighted by atomic mass is 10.1. The van der Waals surface area contributed by atoms with E-state index in [1.165, 1.54) is 10.9 Å². The van der Waals surface area contributed by atoms with Gasteiger partial charge in [-0.3, -0.25) is 13.9 Å². The number of aryl methyl sites for hydroxylation is 3. The highest BCUT2D eigenvalue weighted by Crippen LogP contribution is 2.20. The van der Waals surface area contributed by atoms with Crippen LogP contribution in [0.4, 0.5) is 0 Å². The molecule has 0 saturated carbocycles. The molecule has 0 aliphatic heterocycles. The molecule has 3 aromatic rings. The van der Waals surface area contributed by atoms with Crippen LogP contribution in [0.3, 0.4) is 0 Å². The molecule has 0 aromatic carbocycles. The van der Waals surface area contributed by atoms with Gasteiger partial charge in [0.2, 0.25) is 0 Å². The summed E-state index contributed by atoms with van der Waals surface area (Å²) in [5.41, 5.74) is 1.14. The second-order valence-corrected chi connectivity index (χ2v) is 7.16. The van der Waals surface area contributed by atoms with Gasteiger partial charge in [-0.05, 0) is 32.8 Å². The summed E-state index contributed by atoms with van der Waals surface area (Å²) < 4.78 is 14.3. The van der Waals surface area contributed by atoms with E-state index in [-0.39, 0.29) is 37.4 Å². The SMILES string of the molecule is CCOC(=O)c1[nH]c(C)c(C(=O)OCCCn2c(=O)c3c(ncn3C)n(C)c2=O)c1C. The molecule has 1 N–H and O–H groups in total. The monoisotopic (exact) mass is 431 g/mol. The van der Waals surface area contributed by atoms with Gasteiger partial charge < -0.3 is 19.0 Å². The number of nitrogens with zero attached hydrogens (tertiary/aromatic N) is 4. The summed E-state index contributed by atoms with van der Waals surface area (Å²) in [4.78, 5) is 56.6. The number of esters is 2. The van der Waals surface area contributed by atoms with E-state index in [9.17, 15) is 19.2 Å². The number of ether oxygens (including phenoxy) is 2. The smallest absolute Gasteiger partial charge is 0.355 e. The molecule has 0 bridgehead atoms. The first kappa shape index (κ1) is 22.1. The van der Waals surface area contributed by atoms with Crippen LogP contribution >= 0.6 is 0 Å². The summed E-state index contributed by atoms with van der Waals surface area (Å²) in [5.74, 6) is -1.13. The third-order valence-electron chi connectivity index (χ3n) is 5.08. The van der Waals surface area contributed by atoms with Crippen LogP contribution in [0, 0.1) is 13.8 Å². The zero-order valence-corrected chi connectivity index (χ0v) is 18.1. The van der Waals surface area contributed by atoms with E-state index in [1.807, 2.05) is 0 Å². The lowest BCUT2D eigenvalue weighted by Gasteiger charge is -2.09. The van der Waals surface area contributed by atoms with Crippen molar-refractivity contribution < 1.29 is 19.1 Å². The standard InChI is InChI=1S/C20H25N5O6/c1-6-30-19(28)14-11(2)13(12(3)22-14)18(27)31-9-7-8-25-17(26)15-16(21-10-23(15)4)24(5)20(25)29/h10,22H,6-9H2,1-5H3. The van der Waals surface area contributed by atoms with Gasteiger partial charge in [-0.15, -0.1) is 0 Å². The number of aromatic amines is 1. The minimum atomic E-state index is -0.593. The summed E-state index contributed by atoms with van der Waals surface area (Å²) in [5, 5.41) is 0. The van der Waals surface area contributed by atoms with E-state index >= 15 is 0 Å². The zero-order chi connectivity index (χ0) is 22.9. The van der Waals surface area contributed by atoms with Crippen LogP contribution in [-0.2, 0) is 30.1 Å². The quantitative estimate of drug-likeness (QED) is 0.433. The predicted octanol–water partition coefficient (Wildman–Crippen LogP) is 0.802. The number of carbonyl (C=O) groups is 2. The molecule has 0 spiro atoms. The van der Waals surface area contributed by atoms with Crippen LogP contribution in [0.5, 0.6) is 0 Å². The molecular formula is C20H25N5O6. The Bertz CT molecular complexity index is 1280. The molecule has 166 valence electrons. The van der Waals surface area contributed by atoms with Crippen LogP contribution < -0.4 is 11.2 Å². The average Bonchev–Trinajstić information content (AvgIpc) is 3.25. The lowest BCUT2D eigenvalue weighted by Crippen LogP contribution is -2.39. The number of hydrogen-bond donors (Lipinski definition) is 1. The summed E-state index contributed by atoms with van der Waals surface area (Å²) in [6, 6.07) is 0. The Morgan fingerprint density at radius 2 is 1.84 bits per heavy atom. The Hall–Kier alpha value is -3.63. The van der Waals surface area contributed by atoms with Crippen LogP contribution in [-0.4, -0.2) is 48.8 Å². The Morgan fingerprint density at radius 1 is 1.13 bits per heavy atom. The lowest BCUT2D eigenvalue weighted by molar-refractivity contribution is 0.0493. The number of imidazole rings is 1. The van der Waals surface area contributed by atoms with Crippen molar-refractivity contribution in [2.24, 2.45) is 14.1 Å². The molecule has 0 amide bonds. The van der Waals surface area contributed by atoms with Crippen molar-refractivity contribution in [2.75, 3.05) is 13.2 Å². The number of aromatic nitrogens is 5. The van der Waals surface area contributed by atoms with Crippen molar-refractivity contribution in [2.45, 2.75) is 33.7 Å². The first-order valence-electron chi connectivity index (χ1n) is 9.83. The number of hydrogen-bond acceptors (Lipinski definition) is 7. The molecule has 11 heteroatoms. The van der Waals surface area contributed by atoms with Gasteiger partial charge in [0.05, 0.1) is 25.1 Å². The Balaban J connectivity index is 1.70. The van der Waals surface area contributed by atoms with E-state index in [0.717, 1.165) is 4.57 Å². The summed E-state index contributed by atoms with van der Waals surface area (Å²) in [6.45, 7) is 5.30. The fourth-order valence-corrected chi connectivity index (χ4v) is 3.52. The highest BCUT2D eigenvalue weighted by molar-refractivity contribution is 5.98. The number of H-pyrrole nitrogens is 1. The van der Waals surface area contributed by atoms with Crippen LogP contribution in [0.25, 0.3) is 11.2 Å². The third kappa shape index (κ3) is 3.90. The van der Waals surface area contributed by atoms with E-state index in [1.54, 1.807) is 39.4 Å². The summed E-state index contributed by atoms with van der Waals surface area (Å²) in [7, 11) is 3.23. The molecule has 0 unspecified atom stereocenters. The molecule has 11 nitrogen and oxygen atoms in total.